The van der Waals surface area contributed by atoms with Gasteiger partial charge in [0.25, 0.3) is 0 Å². The molecule has 3 aromatic heterocycles. The molecule has 142 valence electrons. The van der Waals surface area contributed by atoms with Gasteiger partial charge < -0.3 is 0 Å². The summed E-state index contributed by atoms with van der Waals surface area (Å²) >= 11 is 0. The topological polar surface area (TPSA) is 61.4 Å². The van der Waals surface area contributed by atoms with Crippen molar-refractivity contribution < 1.29 is 0 Å². The second-order valence-corrected chi connectivity index (χ2v) is 7.98. The summed E-state index contributed by atoms with van der Waals surface area (Å²) < 4.78 is 4.15. The number of hydrogen-bond donors (Lipinski definition) is 0. The Hall–Kier alpha value is -3.02. The summed E-state index contributed by atoms with van der Waals surface area (Å²) in [5, 5.41) is 10.5. The van der Waals surface area contributed by atoms with E-state index in [-0.39, 0.29) is 0 Å². The van der Waals surface area contributed by atoms with Gasteiger partial charge in [-0.1, -0.05) is 32.0 Å². The van der Waals surface area contributed by atoms with Crippen LogP contribution in [-0.4, -0.2) is 29.5 Å². The maximum Gasteiger partial charge on any atom is 0.151 e. The maximum absolute atomic E-state index is 5.01. The van der Waals surface area contributed by atoms with Crippen LogP contribution in [0.3, 0.4) is 0 Å². The van der Waals surface area contributed by atoms with Gasteiger partial charge in [-0.2, -0.15) is 10.2 Å². The summed E-state index contributed by atoms with van der Waals surface area (Å²) in [4.78, 5) is 9.65. The number of rotatable bonds is 4. The Balaban J connectivity index is 1.63. The second-order valence-electron chi connectivity index (χ2n) is 7.98. The Morgan fingerprint density at radius 2 is 2.00 bits per heavy atom. The average molecular weight is 372 g/mol. The Bertz CT molecular complexity index is 1120. The number of fused-ring (bicyclic) bond motifs is 2. The zero-order chi connectivity index (χ0) is 19.1. The number of aromatic nitrogens is 6. The second kappa shape index (κ2) is 6.86. The predicted molar refractivity (Wildman–Crippen MR) is 108 cm³/mol. The average Bonchev–Trinajstić information content (AvgIpc) is 3.33. The zero-order valence-corrected chi connectivity index (χ0v) is 16.3. The van der Waals surface area contributed by atoms with Crippen LogP contribution in [0.4, 0.5) is 0 Å². The van der Waals surface area contributed by atoms with Gasteiger partial charge in [0.2, 0.25) is 0 Å². The molecule has 0 N–H and O–H groups in total. The molecule has 0 amide bonds. The quantitative estimate of drug-likeness (QED) is 0.544. The minimum Gasteiger partial charge on any atom is -0.270 e. The highest BCUT2D eigenvalue weighted by Crippen LogP contribution is 2.31. The highest BCUT2D eigenvalue weighted by atomic mass is 15.4. The van der Waals surface area contributed by atoms with Crippen LogP contribution in [0.25, 0.3) is 16.6 Å². The first-order valence-corrected chi connectivity index (χ1v) is 9.99. The lowest BCUT2D eigenvalue weighted by atomic mass is 9.95. The van der Waals surface area contributed by atoms with E-state index in [1.165, 1.54) is 5.69 Å². The van der Waals surface area contributed by atoms with Gasteiger partial charge in [0.05, 0.1) is 11.2 Å². The molecule has 0 aliphatic carbocycles. The van der Waals surface area contributed by atoms with Crippen molar-refractivity contribution in [3.63, 3.8) is 0 Å². The highest BCUT2D eigenvalue weighted by molar-refractivity contribution is 5.86. The molecule has 1 aliphatic heterocycles. The number of nitrogens with zero attached hydrogens (tertiary/aromatic N) is 6. The van der Waals surface area contributed by atoms with Crippen molar-refractivity contribution in [1.82, 2.24) is 29.5 Å². The molecule has 4 aromatic rings. The molecule has 0 saturated carbocycles. The third-order valence-corrected chi connectivity index (χ3v) is 5.42. The van der Waals surface area contributed by atoms with Crippen LogP contribution in [0.5, 0.6) is 0 Å². The van der Waals surface area contributed by atoms with Gasteiger partial charge in [-0.15, -0.1) is 0 Å². The van der Waals surface area contributed by atoms with Crippen LogP contribution in [0.1, 0.15) is 43.5 Å². The first-order valence-electron chi connectivity index (χ1n) is 9.99. The summed E-state index contributed by atoms with van der Waals surface area (Å²) in [5.41, 5.74) is 3.25. The van der Waals surface area contributed by atoms with Crippen molar-refractivity contribution in [2.24, 2.45) is 5.92 Å². The fourth-order valence-electron chi connectivity index (χ4n) is 4.11. The number of aryl methyl sites for hydroxylation is 1. The molecule has 0 saturated heterocycles. The van der Waals surface area contributed by atoms with Crippen LogP contribution in [0, 0.1) is 5.92 Å². The van der Waals surface area contributed by atoms with Gasteiger partial charge in [-0.3, -0.25) is 9.67 Å². The Kier molecular flexibility index (Phi) is 4.19. The SMILES string of the molecule is CC(C)Cc1nc(C2CCn3nccc3C2)n(-c2cccc3cccnc23)n1. The highest BCUT2D eigenvalue weighted by Gasteiger charge is 2.27. The van der Waals surface area contributed by atoms with Gasteiger partial charge in [-0.25, -0.2) is 9.67 Å². The van der Waals surface area contributed by atoms with Gasteiger partial charge in [-0.05, 0) is 37.0 Å². The molecule has 28 heavy (non-hydrogen) atoms. The molecule has 0 bridgehead atoms. The van der Waals surface area contributed by atoms with E-state index in [1.54, 1.807) is 0 Å². The van der Waals surface area contributed by atoms with Crippen LogP contribution in [0.2, 0.25) is 0 Å². The molecule has 6 heteroatoms. The fraction of sp³-hybridized carbons (Fsp3) is 0.364. The smallest absolute Gasteiger partial charge is 0.151 e. The zero-order valence-electron chi connectivity index (χ0n) is 16.3. The van der Waals surface area contributed by atoms with E-state index >= 15 is 0 Å². The van der Waals surface area contributed by atoms with Crippen LogP contribution < -0.4 is 0 Å². The van der Waals surface area contributed by atoms with E-state index in [0.29, 0.717) is 11.8 Å². The van der Waals surface area contributed by atoms with E-state index in [4.69, 9.17) is 10.1 Å². The molecule has 0 fully saturated rings. The van der Waals surface area contributed by atoms with E-state index in [2.05, 4.69) is 58.9 Å². The van der Waals surface area contributed by atoms with Crippen molar-refractivity contribution in [1.29, 1.82) is 0 Å². The van der Waals surface area contributed by atoms with Gasteiger partial charge in [0.15, 0.2) is 5.82 Å². The van der Waals surface area contributed by atoms with E-state index in [9.17, 15) is 0 Å². The Morgan fingerprint density at radius 3 is 2.89 bits per heavy atom. The third-order valence-electron chi connectivity index (χ3n) is 5.42. The monoisotopic (exact) mass is 372 g/mol. The van der Waals surface area contributed by atoms with E-state index in [1.807, 2.05) is 23.1 Å². The predicted octanol–water partition coefficient (Wildman–Crippen LogP) is 3.94. The molecule has 1 aliphatic rings. The number of pyridine rings is 1. The summed E-state index contributed by atoms with van der Waals surface area (Å²) in [6.07, 6.45) is 6.57. The third kappa shape index (κ3) is 2.99. The summed E-state index contributed by atoms with van der Waals surface area (Å²) in [6, 6.07) is 12.4. The lowest BCUT2D eigenvalue weighted by Crippen LogP contribution is -2.21. The number of hydrogen-bond acceptors (Lipinski definition) is 4. The molecular weight excluding hydrogens is 348 g/mol. The molecule has 1 aromatic carbocycles. The van der Waals surface area contributed by atoms with E-state index < -0.39 is 0 Å². The Morgan fingerprint density at radius 1 is 1.11 bits per heavy atom. The van der Waals surface area contributed by atoms with Crippen molar-refractivity contribution in [3.8, 4) is 5.69 Å². The van der Waals surface area contributed by atoms with Crippen molar-refractivity contribution >= 4 is 10.9 Å². The van der Waals surface area contributed by atoms with Crippen molar-refractivity contribution in [2.45, 2.75) is 45.6 Å². The molecule has 0 radical (unpaired) electrons. The lowest BCUT2D eigenvalue weighted by Gasteiger charge is -2.23. The molecule has 1 atom stereocenters. The number of benzene rings is 1. The molecule has 5 rings (SSSR count). The van der Waals surface area contributed by atoms with Crippen LogP contribution in [0.15, 0.2) is 48.8 Å². The lowest BCUT2D eigenvalue weighted by molar-refractivity contribution is 0.423. The molecular formula is C22H24N6. The molecule has 6 nitrogen and oxygen atoms in total. The van der Waals surface area contributed by atoms with Crippen molar-refractivity contribution in [2.75, 3.05) is 0 Å². The van der Waals surface area contributed by atoms with Crippen LogP contribution >= 0.6 is 0 Å². The normalized spacial score (nSPS) is 16.6. The summed E-state index contributed by atoms with van der Waals surface area (Å²) in [7, 11) is 0. The van der Waals surface area contributed by atoms with Crippen LogP contribution in [-0.2, 0) is 19.4 Å². The van der Waals surface area contributed by atoms with Crippen molar-refractivity contribution in [3.05, 3.63) is 66.1 Å². The van der Waals surface area contributed by atoms with Gasteiger partial charge >= 0.3 is 0 Å². The first-order chi connectivity index (χ1) is 13.7. The molecule has 4 heterocycles. The van der Waals surface area contributed by atoms with E-state index in [0.717, 1.165) is 54.0 Å². The maximum atomic E-state index is 5.01. The minimum atomic E-state index is 0.330. The van der Waals surface area contributed by atoms with Gasteiger partial charge in [0, 0.05) is 42.4 Å². The standard InChI is InChI=1S/C22H24N6/c1-15(2)13-20-25-22(17-9-12-27-18(14-17)8-11-24-27)28(26-20)19-7-3-5-16-6-4-10-23-21(16)19/h3-8,10-11,15,17H,9,12-14H2,1-2H3. The minimum absolute atomic E-state index is 0.330. The summed E-state index contributed by atoms with van der Waals surface area (Å²) in [5.74, 6) is 2.80. The fourth-order valence-corrected chi connectivity index (χ4v) is 4.11. The molecule has 1 unspecified atom stereocenters. The molecule has 0 spiro atoms. The largest absolute Gasteiger partial charge is 0.270 e. The summed E-state index contributed by atoms with van der Waals surface area (Å²) in [6.45, 7) is 5.34. The first kappa shape index (κ1) is 17.1. The Labute approximate surface area is 164 Å². The van der Waals surface area contributed by atoms with Gasteiger partial charge in [0.1, 0.15) is 5.82 Å². The number of para-hydroxylation sites is 1.